The number of amides is 2. The molecule has 272 valence electrons. The first-order chi connectivity index (χ1) is 23.6. The summed E-state index contributed by atoms with van der Waals surface area (Å²) in [4.78, 5) is 44.6. The van der Waals surface area contributed by atoms with Crippen LogP contribution in [0.3, 0.4) is 0 Å². The van der Waals surface area contributed by atoms with E-state index in [0.717, 1.165) is 47.8 Å². The maximum absolute atomic E-state index is 13.8. The molecule has 0 aliphatic carbocycles. The summed E-state index contributed by atoms with van der Waals surface area (Å²) in [6.07, 6.45) is -2.66. The standard InChI is InChI=1S/C30H36F3N3O4.C5H3F3OS/c1-2-6-26-23(9-5-16-36(26)29(40)24-19-34-15-12-25(24)30(31,32)33)28(39)35-17-13-21(14-18-35)22-8-4-3-7-20(22)10-11-27(37)38;6-5(7,8)4-1-3(9)2-10-4/h3-4,7-8,12,15,19,21,23,26H,2,5-6,9-11,13-14,16-18H2,1H3,(H,37,38);1-2,9H. The van der Waals surface area contributed by atoms with Gasteiger partial charge in [-0.2, -0.15) is 26.3 Å². The van der Waals surface area contributed by atoms with E-state index >= 15 is 0 Å². The van der Waals surface area contributed by atoms with Crippen LogP contribution in [0.4, 0.5) is 26.3 Å². The number of likely N-dealkylation sites (tertiary alicyclic amines) is 2. The van der Waals surface area contributed by atoms with Gasteiger partial charge in [0.1, 0.15) is 10.6 Å². The van der Waals surface area contributed by atoms with Gasteiger partial charge in [0.2, 0.25) is 5.91 Å². The number of halogens is 6. The Morgan fingerprint density at radius 1 is 0.980 bits per heavy atom. The maximum atomic E-state index is 13.8. The fourth-order valence-electron chi connectivity index (χ4n) is 6.74. The van der Waals surface area contributed by atoms with E-state index in [2.05, 4.69) is 4.98 Å². The van der Waals surface area contributed by atoms with Crippen molar-refractivity contribution in [1.82, 2.24) is 14.8 Å². The molecule has 3 aromatic rings. The van der Waals surface area contributed by atoms with Gasteiger partial charge in [-0.1, -0.05) is 37.6 Å². The minimum atomic E-state index is -4.68. The first-order valence-electron chi connectivity index (χ1n) is 16.4. The van der Waals surface area contributed by atoms with E-state index in [-0.39, 0.29) is 24.0 Å². The quantitative estimate of drug-likeness (QED) is 0.228. The van der Waals surface area contributed by atoms with E-state index in [9.17, 15) is 40.7 Å². The second-order valence-electron chi connectivity index (χ2n) is 12.4. The third kappa shape index (κ3) is 9.76. The van der Waals surface area contributed by atoms with Gasteiger partial charge >= 0.3 is 18.3 Å². The van der Waals surface area contributed by atoms with E-state index in [1.165, 1.54) is 4.90 Å². The Hall–Kier alpha value is -4.14. The molecule has 5 rings (SSSR count). The van der Waals surface area contributed by atoms with Crippen molar-refractivity contribution in [3.8, 4) is 5.75 Å². The predicted molar refractivity (Wildman–Crippen MR) is 174 cm³/mol. The second kappa shape index (κ2) is 16.7. The van der Waals surface area contributed by atoms with Crippen molar-refractivity contribution >= 4 is 29.1 Å². The highest BCUT2D eigenvalue weighted by Crippen LogP contribution is 2.38. The van der Waals surface area contributed by atoms with E-state index in [1.807, 2.05) is 36.1 Å². The van der Waals surface area contributed by atoms with Crippen molar-refractivity contribution in [1.29, 1.82) is 0 Å². The highest BCUT2D eigenvalue weighted by molar-refractivity contribution is 7.10. The second-order valence-corrected chi connectivity index (χ2v) is 13.3. The zero-order valence-corrected chi connectivity index (χ0v) is 28.2. The van der Waals surface area contributed by atoms with Crippen LogP contribution in [0.1, 0.15) is 89.7 Å². The first kappa shape index (κ1) is 38.7. The molecule has 2 N–H and O–H groups in total. The molecule has 0 bridgehead atoms. The molecule has 1 aromatic carbocycles. The summed E-state index contributed by atoms with van der Waals surface area (Å²) in [6, 6.07) is 8.90. The van der Waals surface area contributed by atoms with E-state index in [1.54, 1.807) is 0 Å². The fourth-order valence-corrected chi connectivity index (χ4v) is 7.38. The lowest BCUT2D eigenvalue weighted by molar-refractivity contribution is -0.141. The van der Waals surface area contributed by atoms with Gasteiger partial charge in [0.15, 0.2) is 0 Å². The van der Waals surface area contributed by atoms with Crippen LogP contribution in [0.5, 0.6) is 5.75 Å². The number of benzene rings is 1. The van der Waals surface area contributed by atoms with Crippen LogP contribution in [0.25, 0.3) is 0 Å². The van der Waals surface area contributed by atoms with E-state index in [0.29, 0.717) is 69.1 Å². The number of aromatic nitrogens is 1. The molecular weight excluding hydrogens is 688 g/mol. The zero-order valence-electron chi connectivity index (χ0n) is 27.3. The monoisotopic (exact) mass is 727 g/mol. The first-order valence-corrected chi connectivity index (χ1v) is 17.2. The lowest BCUT2D eigenvalue weighted by atomic mass is 9.82. The third-order valence-electron chi connectivity index (χ3n) is 9.07. The summed E-state index contributed by atoms with van der Waals surface area (Å²) >= 11 is 0.481. The van der Waals surface area contributed by atoms with Crippen molar-refractivity contribution in [2.45, 2.75) is 82.6 Å². The topological polar surface area (TPSA) is 111 Å². The zero-order chi connectivity index (χ0) is 36.6. The molecule has 2 amide bonds. The Morgan fingerprint density at radius 3 is 2.26 bits per heavy atom. The summed E-state index contributed by atoms with van der Waals surface area (Å²) in [7, 11) is 0. The number of aliphatic carboxylic acids is 1. The van der Waals surface area contributed by atoms with Gasteiger partial charge in [-0.15, -0.1) is 11.3 Å². The summed E-state index contributed by atoms with van der Waals surface area (Å²) < 4.78 is 76.0. The number of hydrogen-bond acceptors (Lipinski definition) is 6. The number of carbonyl (C=O) groups excluding carboxylic acids is 2. The molecule has 2 fully saturated rings. The van der Waals surface area contributed by atoms with Crippen molar-refractivity contribution in [2.24, 2.45) is 5.92 Å². The molecule has 2 aromatic heterocycles. The molecule has 2 saturated heterocycles. The van der Waals surface area contributed by atoms with Crippen LogP contribution in [0.2, 0.25) is 0 Å². The number of aryl methyl sites for hydroxylation is 1. The van der Waals surface area contributed by atoms with Crippen LogP contribution in [0.15, 0.2) is 54.2 Å². The van der Waals surface area contributed by atoms with Gasteiger partial charge < -0.3 is 20.0 Å². The smallest absolute Gasteiger partial charge is 0.425 e. The van der Waals surface area contributed by atoms with Crippen LogP contribution >= 0.6 is 11.3 Å². The van der Waals surface area contributed by atoms with Gasteiger partial charge in [0, 0.05) is 55.9 Å². The van der Waals surface area contributed by atoms with Crippen molar-refractivity contribution in [3.05, 3.63) is 81.3 Å². The number of thiophene rings is 1. The highest BCUT2D eigenvalue weighted by atomic mass is 32.1. The van der Waals surface area contributed by atoms with Gasteiger partial charge in [-0.3, -0.25) is 19.4 Å². The van der Waals surface area contributed by atoms with Crippen LogP contribution < -0.4 is 0 Å². The normalized spacial score (nSPS) is 18.7. The largest absolute Gasteiger partial charge is 0.507 e. The molecule has 0 spiro atoms. The van der Waals surface area contributed by atoms with E-state index < -0.39 is 52.2 Å². The summed E-state index contributed by atoms with van der Waals surface area (Å²) in [5.41, 5.74) is 0.660. The Labute approximate surface area is 289 Å². The van der Waals surface area contributed by atoms with Gasteiger partial charge in [-0.25, -0.2) is 0 Å². The number of rotatable bonds is 8. The molecule has 2 unspecified atom stereocenters. The Kier molecular flexibility index (Phi) is 12.9. The molecular formula is C35H39F6N3O5S. The Morgan fingerprint density at radius 2 is 1.68 bits per heavy atom. The summed E-state index contributed by atoms with van der Waals surface area (Å²) in [5.74, 6) is -2.20. The predicted octanol–water partition coefficient (Wildman–Crippen LogP) is 8.02. The highest BCUT2D eigenvalue weighted by Gasteiger charge is 2.43. The number of carboxylic acids is 1. The number of carboxylic acid groups (broad SMARTS) is 1. The molecule has 4 heterocycles. The molecule has 2 aliphatic heterocycles. The number of nitrogens with zero attached hydrogens (tertiary/aromatic N) is 3. The summed E-state index contributed by atoms with van der Waals surface area (Å²) in [5, 5.41) is 18.7. The van der Waals surface area contributed by atoms with Gasteiger partial charge in [0.25, 0.3) is 5.91 Å². The van der Waals surface area contributed by atoms with Crippen molar-refractivity contribution < 1.29 is 50.9 Å². The number of aromatic hydroxyl groups is 1. The van der Waals surface area contributed by atoms with Crippen LogP contribution in [0, 0.1) is 5.92 Å². The lowest BCUT2D eigenvalue weighted by Crippen LogP contribution is -2.54. The average Bonchev–Trinajstić information content (AvgIpc) is 3.54. The lowest BCUT2D eigenvalue weighted by Gasteiger charge is -2.43. The van der Waals surface area contributed by atoms with Gasteiger partial charge in [-0.05, 0) is 61.6 Å². The van der Waals surface area contributed by atoms with Crippen molar-refractivity contribution in [3.63, 3.8) is 0 Å². The Balaban J connectivity index is 0.000000482. The van der Waals surface area contributed by atoms with E-state index in [4.69, 9.17) is 10.2 Å². The Bertz CT molecular complexity index is 1620. The van der Waals surface area contributed by atoms with Crippen molar-refractivity contribution in [2.75, 3.05) is 19.6 Å². The molecule has 2 atom stereocenters. The molecule has 8 nitrogen and oxygen atoms in total. The molecule has 0 saturated carbocycles. The molecule has 15 heteroatoms. The van der Waals surface area contributed by atoms with Gasteiger partial charge in [0.05, 0.1) is 17.0 Å². The van der Waals surface area contributed by atoms with Crippen LogP contribution in [-0.4, -0.2) is 68.5 Å². The number of piperidine rings is 2. The fraction of sp³-hybridized carbons (Fsp3) is 0.486. The number of hydrogen-bond donors (Lipinski definition) is 2. The number of alkyl halides is 6. The average molecular weight is 728 g/mol. The summed E-state index contributed by atoms with van der Waals surface area (Å²) in [6.45, 7) is 3.33. The molecule has 0 radical (unpaired) electrons. The number of pyridine rings is 1. The minimum Gasteiger partial charge on any atom is -0.507 e. The molecule has 50 heavy (non-hydrogen) atoms. The molecule has 2 aliphatic rings. The SMILES string of the molecule is CCCC1C(C(=O)N2CCC(c3ccccc3CCC(=O)O)CC2)CCCN1C(=O)c1cnccc1C(F)(F)F.Oc1csc(C(F)(F)F)c1. The minimum absolute atomic E-state index is 0.0456. The van der Waals surface area contributed by atoms with Crippen LogP contribution in [-0.2, 0) is 28.4 Å². The maximum Gasteiger partial charge on any atom is 0.425 e. The third-order valence-corrected chi connectivity index (χ3v) is 10.0. The number of carbonyl (C=O) groups is 3.